The lowest BCUT2D eigenvalue weighted by Gasteiger charge is -1.53. The quantitative estimate of drug-likeness (QED) is 0.432. The van der Waals surface area contributed by atoms with E-state index in [1.807, 2.05) is 0 Å². The molecule has 0 fully saturated rings. The minimum Gasteiger partial charge on any atom is -0.516 e. The van der Waals surface area contributed by atoms with E-state index in [1.165, 1.54) is 0 Å². The van der Waals surface area contributed by atoms with Crippen LogP contribution in [-0.2, 0) is 0 Å². The predicted molar refractivity (Wildman–Crippen MR) is 19.9 cm³/mol. The van der Waals surface area contributed by atoms with E-state index in [1.54, 1.807) is 13.0 Å². The Bertz CT molecular complexity index is 22.1. The van der Waals surface area contributed by atoms with Gasteiger partial charge in [0, 0.05) is 0 Å². The molecular formula is C3H7FO. The number of halogens is 1. The summed E-state index contributed by atoms with van der Waals surface area (Å²) < 4.78 is 0. The maximum Gasteiger partial charge on any atom is 0.0748 e. The first-order chi connectivity index (χ1) is 1.91. The van der Waals surface area contributed by atoms with Crippen molar-refractivity contribution in [3.8, 4) is 0 Å². The summed E-state index contributed by atoms with van der Waals surface area (Å²) in [6.07, 6.45) is 2.56. The Morgan fingerprint density at radius 2 is 1.80 bits per heavy atom. The van der Waals surface area contributed by atoms with Gasteiger partial charge in [0.15, 0.2) is 0 Å². The highest BCUT2D eigenvalue weighted by molar-refractivity contribution is 4.60. The van der Waals surface area contributed by atoms with Crippen LogP contribution in [0, 0.1) is 0 Å². The van der Waals surface area contributed by atoms with Crippen LogP contribution in [0.3, 0.4) is 0 Å². The summed E-state index contributed by atoms with van der Waals surface area (Å²) in [5, 5.41) is 7.69. The van der Waals surface area contributed by atoms with Crippen LogP contribution in [0.2, 0.25) is 0 Å². The van der Waals surface area contributed by atoms with Gasteiger partial charge in [-0.15, -0.1) is 0 Å². The lowest BCUT2D eigenvalue weighted by atomic mass is 10.8. The number of rotatable bonds is 0. The Kier molecular flexibility index (Phi) is 17.3. The standard InChI is InChI=1S/C3H6O.FH/c1-2-3-4;/h2-4H,1H3;1H. The molecule has 0 aliphatic carbocycles. The summed E-state index contributed by atoms with van der Waals surface area (Å²) in [6, 6.07) is 0. The molecule has 0 aromatic heterocycles. The Morgan fingerprint density at radius 1 is 1.60 bits per heavy atom. The van der Waals surface area contributed by atoms with Crippen molar-refractivity contribution in [1.82, 2.24) is 0 Å². The van der Waals surface area contributed by atoms with E-state index in [2.05, 4.69) is 0 Å². The fraction of sp³-hybridized carbons (Fsp3) is 0.333. The molecule has 1 nitrogen and oxygen atoms in total. The van der Waals surface area contributed by atoms with Crippen molar-refractivity contribution in [3.05, 3.63) is 12.3 Å². The minimum absolute atomic E-state index is 0. The summed E-state index contributed by atoms with van der Waals surface area (Å²) in [5.41, 5.74) is 0. The molecule has 0 bridgehead atoms. The van der Waals surface area contributed by atoms with E-state index in [-0.39, 0.29) is 4.70 Å². The van der Waals surface area contributed by atoms with E-state index >= 15 is 0 Å². The highest BCUT2D eigenvalue weighted by Gasteiger charge is 1.35. The summed E-state index contributed by atoms with van der Waals surface area (Å²) in [5.74, 6) is 0. The Balaban J connectivity index is 0. The fourth-order valence-electron chi connectivity index (χ4n) is 0. The van der Waals surface area contributed by atoms with Gasteiger partial charge in [0.25, 0.3) is 0 Å². The molecule has 2 heteroatoms. The third kappa shape index (κ3) is 33.9. The van der Waals surface area contributed by atoms with E-state index in [0.29, 0.717) is 0 Å². The SMILES string of the molecule is CC=CO.F. The largest absolute Gasteiger partial charge is 0.516 e. The first-order valence-corrected chi connectivity index (χ1v) is 1.17. The van der Waals surface area contributed by atoms with Gasteiger partial charge in [-0.25, -0.2) is 0 Å². The van der Waals surface area contributed by atoms with Crippen molar-refractivity contribution in [2.45, 2.75) is 6.92 Å². The highest BCUT2D eigenvalue weighted by Crippen LogP contribution is 1.51. The second-order valence-electron chi connectivity index (χ2n) is 0.482. The monoisotopic (exact) mass is 78.0 g/mol. The first-order valence-electron chi connectivity index (χ1n) is 1.17. The maximum absolute atomic E-state index is 7.69. The Hall–Kier alpha value is -0.530. The van der Waals surface area contributed by atoms with Crippen LogP contribution in [0.4, 0.5) is 4.70 Å². The molecule has 0 saturated carbocycles. The van der Waals surface area contributed by atoms with Crippen LogP contribution >= 0.6 is 0 Å². The van der Waals surface area contributed by atoms with Crippen LogP contribution < -0.4 is 0 Å². The molecule has 0 radical (unpaired) electrons. The van der Waals surface area contributed by atoms with Gasteiger partial charge in [-0.1, -0.05) is 6.08 Å². The third-order valence-corrected chi connectivity index (χ3v) is 0.149. The normalized spacial score (nSPS) is 7.40. The van der Waals surface area contributed by atoms with Crippen LogP contribution in [0.25, 0.3) is 0 Å². The van der Waals surface area contributed by atoms with Gasteiger partial charge in [0.05, 0.1) is 6.26 Å². The van der Waals surface area contributed by atoms with E-state index in [9.17, 15) is 0 Å². The molecule has 0 amide bonds. The van der Waals surface area contributed by atoms with Gasteiger partial charge in [-0.05, 0) is 6.92 Å². The zero-order valence-electron chi connectivity index (χ0n) is 3.01. The number of aliphatic hydroxyl groups excluding tert-OH is 1. The summed E-state index contributed by atoms with van der Waals surface area (Å²) in [6.45, 7) is 1.75. The van der Waals surface area contributed by atoms with Crippen LogP contribution in [0.15, 0.2) is 12.3 Å². The first kappa shape index (κ1) is 8.82. The van der Waals surface area contributed by atoms with Gasteiger partial charge in [0.1, 0.15) is 0 Å². The van der Waals surface area contributed by atoms with E-state index < -0.39 is 0 Å². The molecule has 0 rings (SSSR count). The van der Waals surface area contributed by atoms with Gasteiger partial charge in [-0.3, -0.25) is 4.70 Å². The second kappa shape index (κ2) is 9.80. The average molecular weight is 78.1 g/mol. The molecule has 0 atom stereocenters. The van der Waals surface area contributed by atoms with E-state index in [0.717, 1.165) is 6.26 Å². The molecule has 5 heavy (non-hydrogen) atoms. The van der Waals surface area contributed by atoms with Gasteiger partial charge >= 0.3 is 0 Å². The molecule has 0 saturated heterocycles. The molecular weight excluding hydrogens is 71.0 g/mol. The molecule has 0 spiro atoms. The number of allylic oxidation sites excluding steroid dienone is 1. The number of aliphatic hydroxyl groups is 1. The smallest absolute Gasteiger partial charge is 0.0748 e. The molecule has 0 aromatic carbocycles. The third-order valence-electron chi connectivity index (χ3n) is 0.149. The summed E-state index contributed by atoms with van der Waals surface area (Å²) >= 11 is 0. The highest BCUT2D eigenvalue weighted by atomic mass is 19.0. The van der Waals surface area contributed by atoms with Crippen LogP contribution in [0.5, 0.6) is 0 Å². The molecule has 0 aromatic rings. The van der Waals surface area contributed by atoms with Gasteiger partial charge in [0.2, 0.25) is 0 Å². The van der Waals surface area contributed by atoms with Crippen molar-refractivity contribution in [1.29, 1.82) is 0 Å². The number of hydrogen-bond acceptors (Lipinski definition) is 1. The van der Waals surface area contributed by atoms with Crippen molar-refractivity contribution >= 4 is 0 Å². The lowest BCUT2D eigenvalue weighted by Crippen LogP contribution is -1.36. The summed E-state index contributed by atoms with van der Waals surface area (Å²) in [7, 11) is 0. The molecule has 32 valence electrons. The van der Waals surface area contributed by atoms with Crippen LogP contribution in [-0.4, -0.2) is 5.11 Å². The van der Waals surface area contributed by atoms with Gasteiger partial charge in [-0.2, -0.15) is 0 Å². The van der Waals surface area contributed by atoms with Gasteiger partial charge < -0.3 is 5.11 Å². The molecule has 0 aliphatic rings. The zero-order valence-corrected chi connectivity index (χ0v) is 3.01. The zero-order chi connectivity index (χ0) is 3.41. The average Bonchev–Trinajstić information content (AvgIpc) is 1.37. The van der Waals surface area contributed by atoms with Crippen molar-refractivity contribution in [2.75, 3.05) is 0 Å². The number of hydrogen-bond donors (Lipinski definition) is 1. The molecule has 0 aliphatic heterocycles. The Labute approximate surface area is 30.3 Å². The van der Waals surface area contributed by atoms with Crippen LogP contribution in [0.1, 0.15) is 6.92 Å². The predicted octanol–water partition coefficient (Wildman–Crippen LogP) is 1.23. The molecule has 0 unspecified atom stereocenters. The topological polar surface area (TPSA) is 20.2 Å². The van der Waals surface area contributed by atoms with Crippen molar-refractivity contribution < 1.29 is 9.81 Å². The van der Waals surface area contributed by atoms with E-state index in [4.69, 9.17) is 5.11 Å². The Morgan fingerprint density at radius 3 is 1.80 bits per heavy atom. The van der Waals surface area contributed by atoms with Crippen molar-refractivity contribution in [2.24, 2.45) is 0 Å². The lowest BCUT2D eigenvalue weighted by molar-refractivity contribution is 0.472. The fourth-order valence-corrected chi connectivity index (χ4v) is 0. The molecule has 1 N–H and O–H groups in total. The van der Waals surface area contributed by atoms with Crippen molar-refractivity contribution in [3.63, 3.8) is 0 Å². The maximum atomic E-state index is 7.69. The second-order valence-corrected chi connectivity index (χ2v) is 0.482. The summed E-state index contributed by atoms with van der Waals surface area (Å²) in [4.78, 5) is 0. The molecule has 0 heterocycles. The minimum atomic E-state index is 0.